The van der Waals surface area contributed by atoms with Gasteiger partial charge in [0.25, 0.3) is 0 Å². The lowest BCUT2D eigenvalue weighted by Gasteiger charge is -2.49. The van der Waals surface area contributed by atoms with Crippen LogP contribution in [0.15, 0.2) is 30.3 Å². The normalized spacial score (nSPS) is 22.6. The number of hydrogen-bond acceptors (Lipinski definition) is 5. The Morgan fingerprint density at radius 1 is 1.20 bits per heavy atom. The monoisotopic (exact) mass is 351 g/mol. The highest BCUT2D eigenvalue weighted by atomic mass is 16.7. The van der Waals surface area contributed by atoms with Gasteiger partial charge >= 0.3 is 6.09 Å². The predicted molar refractivity (Wildman–Crippen MR) is 94.2 cm³/mol. The average Bonchev–Trinajstić information content (AvgIpc) is 2.66. The molecule has 1 saturated heterocycles. The maximum absolute atomic E-state index is 12.3. The zero-order chi connectivity index (χ0) is 18.3. The van der Waals surface area contributed by atoms with Crippen LogP contribution in [0.4, 0.5) is 4.79 Å². The Balaban J connectivity index is 2.23. The lowest BCUT2D eigenvalue weighted by molar-refractivity contribution is -0.300. The highest BCUT2D eigenvalue weighted by Crippen LogP contribution is 2.35. The molecule has 0 radical (unpaired) electrons. The molecule has 0 bridgehead atoms. The summed E-state index contributed by atoms with van der Waals surface area (Å²) < 4.78 is 22.9. The smallest absolute Gasteiger partial charge is 0.410 e. The minimum atomic E-state index is -0.877. The quantitative estimate of drug-likeness (QED) is 0.706. The number of rotatable bonds is 7. The lowest BCUT2D eigenvalue weighted by atomic mass is 9.90. The molecule has 1 aliphatic rings. The molecule has 1 fully saturated rings. The van der Waals surface area contributed by atoms with Crippen LogP contribution in [-0.2, 0) is 25.6 Å². The highest BCUT2D eigenvalue weighted by Gasteiger charge is 2.51. The van der Waals surface area contributed by atoms with Gasteiger partial charge in [-0.2, -0.15) is 0 Å². The van der Waals surface area contributed by atoms with Crippen molar-refractivity contribution < 1.29 is 23.7 Å². The van der Waals surface area contributed by atoms with Crippen molar-refractivity contribution >= 4 is 6.09 Å². The van der Waals surface area contributed by atoms with E-state index in [1.165, 1.54) is 0 Å². The summed E-state index contributed by atoms with van der Waals surface area (Å²) in [5, 5.41) is 0. The Kier molecular flexibility index (Phi) is 7.23. The molecule has 25 heavy (non-hydrogen) atoms. The minimum Gasteiger partial charge on any atom is -0.450 e. The fourth-order valence-corrected chi connectivity index (χ4v) is 3.43. The van der Waals surface area contributed by atoms with Crippen molar-refractivity contribution in [3.63, 3.8) is 0 Å². The molecule has 6 nitrogen and oxygen atoms in total. The number of carbonyl (C=O) groups excluding carboxylic acids is 1. The van der Waals surface area contributed by atoms with Gasteiger partial charge in [0.1, 0.15) is 6.10 Å². The van der Waals surface area contributed by atoms with E-state index >= 15 is 0 Å². The summed E-state index contributed by atoms with van der Waals surface area (Å²) in [5.74, 6) is -0.877. The van der Waals surface area contributed by atoms with E-state index in [9.17, 15) is 4.79 Å². The number of carbonyl (C=O) groups is 1. The number of ether oxygens (including phenoxy) is 4. The third-order valence-corrected chi connectivity index (χ3v) is 4.77. The molecule has 0 spiro atoms. The maximum atomic E-state index is 12.3. The van der Waals surface area contributed by atoms with Crippen molar-refractivity contribution in [2.75, 3.05) is 27.4 Å². The average molecular weight is 351 g/mol. The van der Waals surface area contributed by atoms with Crippen LogP contribution < -0.4 is 0 Å². The molecule has 2 rings (SSSR count). The van der Waals surface area contributed by atoms with Gasteiger partial charge in [-0.15, -0.1) is 0 Å². The molecular weight excluding hydrogens is 322 g/mol. The van der Waals surface area contributed by atoms with Gasteiger partial charge in [-0.1, -0.05) is 37.3 Å². The summed E-state index contributed by atoms with van der Waals surface area (Å²) >= 11 is 0. The van der Waals surface area contributed by atoms with Crippen LogP contribution in [0.2, 0.25) is 0 Å². The second-order valence-corrected chi connectivity index (χ2v) is 6.06. The maximum Gasteiger partial charge on any atom is 0.410 e. The van der Waals surface area contributed by atoms with Gasteiger partial charge in [0.05, 0.1) is 19.3 Å². The summed E-state index contributed by atoms with van der Waals surface area (Å²) in [5.41, 5.74) is 1.06. The van der Waals surface area contributed by atoms with Crippen molar-refractivity contribution in [3.8, 4) is 0 Å². The molecule has 1 heterocycles. The molecule has 1 amide bonds. The predicted octanol–water partition coefficient (Wildman–Crippen LogP) is 3.20. The van der Waals surface area contributed by atoms with Crippen molar-refractivity contribution in [1.29, 1.82) is 0 Å². The van der Waals surface area contributed by atoms with Crippen molar-refractivity contribution in [2.24, 2.45) is 0 Å². The van der Waals surface area contributed by atoms with Crippen LogP contribution in [-0.4, -0.2) is 56.3 Å². The van der Waals surface area contributed by atoms with Crippen LogP contribution in [0.25, 0.3) is 0 Å². The summed E-state index contributed by atoms with van der Waals surface area (Å²) in [4.78, 5) is 14.1. The van der Waals surface area contributed by atoms with Crippen LogP contribution in [0, 0.1) is 0 Å². The van der Waals surface area contributed by atoms with Gasteiger partial charge in [-0.25, -0.2) is 4.79 Å². The summed E-state index contributed by atoms with van der Waals surface area (Å²) in [6.07, 6.45) is 0.510. The second-order valence-electron chi connectivity index (χ2n) is 6.06. The highest BCUT2D eigenvalue weighted by molar-refractivity contribution is 5.68. The Bertz CT molecular complexity index is 532. The molecule has 1 aliphatic heterocycles. The van der Waals surface area contributed by atoms with Gasteiger partial charge in [0.15, 0.2) is 5.79 Å². The van der Waals surface area contributed by atoms with Crippen LogP contribution >= 0.6 is 0 Å². The van der Waals surface area contributed by atoms with E-state index in [4.69, 9.17) is 18.9 Å². The Labute approximate surface area is 150 Å². The molecular formula is C19H29NO5. The Morgan fingerprint density at radius 3 is 2.44 bits per heavy atom. The molecule has 140 valence electrons. The van der Waals surface area contributed by atoms with Gasteiger partial charge in [0, 0.05) is 27.2 Å². The lowest BCUT2D eigenvalue weighted by Crippen LogP contribution is -2.64. The SMILES string of the molecule is CCOC(=O)N1CCC(OC)(OC)C(OCc2ccccc2)C1CC. The molecule has 2 unspecified atom stereocenters. The van der Waals surface area contributed by atoms with Crippen molar-refractivity contribution in [1.82, 2.24) is 4.90 Å². The van der Waals surface area contributed by atoms with Gasteiger partial charge in [-0.3, -0.25) is 0 Å². The van der Waals surface area contributed by atoms with Crippen LogP contribution in [0.5, 0.6) is 0 Å². The van der Waals surface area contributed by atoms with E-state index in [1.54, 1.807) is 26.0 Å². The summed E-state index contributed by atoms with van der Waals surface area (Å²) in [6.45, 7) is 5.11. The van der Waals surface area contributed by atoms with E-state index < -0.39 is 11.9 Å². The van der Waals surface area contributed by atoms with E-state index in [2.05, 4.69) is 0 Å². The topological polar surface area (TPSA) is 57.2 Å². The molecule has 1 aromatic rings. The molecule has 2 atom stereocenters. The number of methoxy groups -OCH3 is 2. The fourth-order valence-electron chi connectivity index (χ4n) is 3.43. The van der Waals surface area contributed by atoms with Crippen LogP contribution in [0.1, 0.15) is 32.3 Å². The third-order valence-electron chi connectivity index (χ3n) is 4.77. The number of benzene rings is 1. The zero-order valence-electron chi connectivity index (χ0n) is 15.6. The van der Waals surface area contributed by atoms with E-state index in [-0.39, 0.29) is 12.1 Å². The number of piperidine rings is 1. The molecule has 0 saturated carbocycles. The van der Waals surface area contributed by atoms with Gasteiger partial charge in [0.2, 0.25) is 0 Å². The molecule has 1 aromatic carbocycles. The molecule has 6 heteroatoms. The first-order valence-corrected chi connectivity index (χ1v) is 8.81. The molecule has 0 aromatic heterocycles. The van der Waals surface area contributed by atoms with Gasteiger partial charge < -0.3 is 23.8 Å². The first kappa shape index (κ1) is 19.7. The fraction of sp³-hybridized carbons (Fsp3) is 0.632. The second kappa shape index (κ2) is 9.17. The van der Waals surface area contributed by atoms with Gasteiger partial charge in [-0.05, 0) is 18.9 Å². The Morgan fingerprint density at radius 2 is 1.88 bits per heavy atom. The number of amides is 1. The molecule has 0 aliphatic carbocycles. The summed E-state index contributed by atoms with van der Waals surface area (Å²) in [7, 11) is 3.24. The van der Waals surface area contributed by atoms with E-state index in [0.29, 0.717) is 32.6 Å². The van der Waals surface area contributed by atoms with Crippen LogP contribution in [0.3, 0.4) is 0 Å². The zero-order valence-corrected chi connectivity index (χ0v) is 15.6. The number of nitrogens with zero attached hydrogens (tertiary/aromatic N) is 1. The Hall–Kier alpha value is -1.63. The largest absolute Gasteiger partial charge is 0.450 e. The first-order valence-electron chi connectivity index (χ1n) is 8.81. The van der Waals surface area contributed by atoms with E-state index in [0.717, 1.165) is 5.56 Å². The third kappa shape index (κ3) is 4.32. The summed E-state index contributed by atoms with van der Waals surface area (Å²) in [6, 6.07) is 9.75. The van der Waals surface area contributed by atoms with Crippen molar-refractivity contribution in [2.45, 2.75) is 51.2 Å². The standard InChI is InChI=1S/C19H29NO5/c1-5-16-17(25-14-15-10-8-7-9-11-15)19(22-3,23-4)12-13-20(16)18(21)24-6-2/h7-11,16-17H,5-6,12-14H2,1-4H3. The molecule has 0 N–H and O–H groups in total. The first-order chi connectivity index (χ1) is 12.1. The number of likely N-dealkylation sites (tertiary alicyclic amines) is 1. The van der Waals surface area contributed by atoms with Crippen molar-refractivity contribution in [3.05, 3.63) is 35.9 Å². The number of hydrogen-bond donors (Lipinski definition) is 0. The van der Waals surface area contributed by atoms with E-state index in [1.807, 2.05) is 37.3 Å². The minimum absolute atomic E-state index is 0.184.